The van der Waals surface area contributed by atoms with Crippen molar-refractivity contribution in [3.8, 4) is 11.5 Å². The number of benzene rings is 2. The van der Waals surface area contributed by atoms with Gasteiger partial charge in [0.05, 0.1) is 5.69 Å². The molecule has 25 heavy (non-hydrogen) atoms. The van der Waals surface area contributed by atoms with Crippen molar-refractivity contribution in [2.45, 2.75) is 31.9 Å². The number of thioether (sulfide) groups is 1. The van der Waals surface area contributed by atoms with Gasteiger partial charge in [-0.15, -0.1) is 0 Å². The molecule has 1 aliphatic rings. The first-order valence-electron chi connectivity index (χ1n) is 8.38. The van der Waals surface area contributed by atoms with Gasteiger partial charge in [-0.05, 0) is 28.7 Å². The fraction of sp³-hybridized carbons (Fsp3) is 0.350. The summed E-state index contributed by atoms with van der Waals surface area (Å²) in [5.74, 6) is 2.28. The molecule has 1 aliphatic heterocycles. The van der Waals surface area contributed by atoms with Crippen LogP contribution in [0.3, 0.4) is 0 Å². The van der Waals surface area contributed by atoms with Crippen molar-refractivity contribution in [3.63, 3.8) is 0 Å². The molecule has 0 aromatic heterocycles. The standard InChI is InChI=1S/C20H24N2O2S/c1-20(2,3)15-6-4-14(5-7-15)13-25-19(21)22-16-8-9-17-18(12-16)24-11-10-23-17/h4-9,12H,10-11,13H2,1-3H3,(H2,21,22). The van der Waals surface area contributed by atoms with Crippen molar-refractivity contribution in [2.24, 2.45) is 10.7 Å². The summed E-state index contributed by atoms with van der Waals surface area (Å²) in [6, 6.07) is 14.3. The van der Waals surface area contributed by atoms with Gasteiger partial charge in [-0.1, -0.05) is 56.8 Å². The molecular weight excluding hydrogens is 332 g/mol. The molecule has 0 aliphatic carbocycles. The Morgan fingerprint density at radius 3 is 2.40 bits per heavy atom. The molecule has 1 heterocycles. The summed E-state index contributed by atoms with van der Waals surface area (Å²) in [6.07, 6.45) is 0. The van der Waals surface area contributed by atoms with Crippen LogP contribution in [0.15, 0.2) is 47.5 Å². The fourth-order valence-electron chi connectivity index (χ4n) is 2.52. The maximum atomic E-state index is 6.07. The Balaban J connectivity index is 1.62. The van der Waals surface area contributed by atoms with Crippen LogP contribution in [0, 0.1) is 0 Å². The van der Waals surface area contributed by atoms with Gasteiger partial charge in [0.25, 0.3) is 0 Å². The normalized spacial score (nSPS) is 14.4. The number of aliphatic imine (C=N–C) groups is 1. The molecule has 2 aromatic carbocycles. The largest absolute Gasteiger partial charge is 0.486 e. The summed E-state index contributed by atoms with van der Waals surface area (Å²) in [5, 5.41) is 0.538. The third kappa shape index (κ3) is 4.69. The van der Waals surface area contributed by atoms with Crippen LogP contribution in [0.2, 0.25) is 0 Å². The van der Waals surface area contributed by atoms with Crippen molar-refractivity contribution >= 4 is 22.6 Å². The van der Waals surface area contributed by atoms with Gasteiger partial charge in [-0.25, -0.2) is 4.99 Å². The molecule has 0 saturated carbocycles. The molecule has 5 heteroatoms. The molecule has 2 N–H and O–H groups in total. The second-order valence-corrected chi connectivity index (χ2v) is 8.01. The van der Waals surface area contributed by atoms with E-state index in [4.69, 9.17) is 15.2 Å². The molecule has 0 radical (unpaired) electrons. The molecule has 0 bridgehead atoms. The number of hydrogen-bond acceptors (Lipinski definition) is 4. The van der Waals surface area contributed by atoms with Crippen molar-refractivity contribution < 1.29 is 9.47 Å². The summed E-state index contributed by atoms with van der Waals surface area (Å²) in [4.78, 5) is 4.46. The summed E-state index contributed by atoms with van der Waals surface area (Å²) in [7, 11) is 0. The van der Waals surface area contributed by atoms with E-state index >= 15 is 0 Å². The average molecular weight is 356 g/mol. The minimum absolute atomic E-state index is 0.171. The van der Waals surface area contributed by atoms with Crippen LogP contribution in [-0.4, -0.2) is 18.4 Å². The van der Waals surface area contributed by atoms with Gasteiger partial charge < -0.3 is 15.2 Å². The van der Waals surface area contributed by atoms with E-state index in [2.05, 4.69) is 50.0 Å². The molecular formula is C20H24N2O2S. The first-order chi connectivity index (χ1) is 11.9. The van der Waals surface area contributed by atoms with Gasteiger partial charge in [-0.3, -0.25) is 0 Å². The first-order valence-corrected chi connectivity index (χ1v) is 9.36. The number of rotatable bonds is 3. The molecule has 4 nitrogen and oxygen atoms in total. The molecule has 3 rings (SSSR count). The monoisotopic (exact) mass is 356 g/mol. The maximum Gasteiger partial charge on any atom is 0.163 e. The lowest BCUT2D eigenvalue weighted by Crippen LogP contribution is -2.15. The van der Waals surface area contributed by atoms with Crippen molar-refractivity contribution in [1.29, 1.82) is 0 Å². The number of hydrogen-bond donors (Lipinski definition) is 1. The third-order valence-corrected chi connectivity index (χ3v) is 4.84. The van der Waals surface area contributed by atoms with Gasteiger partial charge in [-0.2, -0.15) is 0 Å². The van der Waals surface area contributed by atoms with E-state index in [1.165, 1.54) is 22.9 Å². The lowest BCUT2D eigenvalue weighted by Gasteiger charge is -2.19. The molecule has 0 amide bonds. The Hall–Kier alpha value is -2.14. The number of ether oxygens (including phenoxy) is 2. The van der Waals surface area contributed by atoms with Crippen LogP contribution in [0.5, 0.6) is 11.5 Å². The number of nitrogens with zero attached hydrogens (tertiary/aromatic N) is 1. The SMILES string of the molecule is CC(C)(C)c1ccc(CSC(N)=Nc2ccc3c(c2)OCCO3)cc1. The predicted molar refractivity (Wildman–Crippen MR) is 105 cm³/mol. The number of fused-ring (bicyclic) bond motifs is 1. The molecule has 2 aromatic rings. The van der Waals surface area contributed by atoms with E-state index in [-0.39, 0.29) is 5.41 Å². The van der Waals surface area contributed by atoms with Crippen molar-refractivity contribution in [3.05, 3.63) is 53.6 Å². The zero-order chi connectivity index (χ0) is 17.9. The van der Waals surface area contributed by atoms with Crippen LogP contribution in [0.1, 0.15) is 31.9 Å². The number of nitrogens with two attached hydrogens (primary N) is 1. The molecule has 0 spiro atoms. The van der Waals surface area contributed by atoms with E-state index in [0.717, 1.165) is 22.9 Å². The highest BCUT2D eigenvalue weighted by molar-refractivity contribution is 8.13. The van der Waals surface area contributed by atoms with E-state index in [1.54, 1.807) is 0 Å². The van der Waals surface area contributed by atoms with Crippen LogP contribution in [0.25, 0.3) is 0 Å². The zero-order valence-corrected chi connectivity index (χ0v) is 15.7. The second-order valence-electron chi connectivity index (χ2n) is 7.01. The van der Waals surface area contributed by atoms with Gasteiger partial charge in [0.15, 0.2) is 16.7 Å². The summed E-state index contributed by atoms with van der Waals surface area (Å²) >= 11 is 1.53. The van der Waals surface area contributed by atoms with Crippen LogP contribution in [0.4, 0.5) is 5.69 Å². The first kappa shape index (κ1) is 17.7. The summed E-state index contributed by atoms with van der Waals surface area (Å²) in [6.45, 7) is 7.80. The van der Waals surface area contributed by atoms with Crippen LogP contribution < -0.4 is 15.2 Å². The molecule has 0 atom stereocenters. The average Bonchev–Trinajstić information content (AvgIpc) is 2.59. The van der Waals surface area contributed by atoms with E-state index in [0.29, 0.717) is 18.4 Å². The van der Waals surface area contributed by atoms with Crippen LogP contribution in [-0.2, 0) is 11.2 Å². The third-order valence-electron chi connectivity index (χ3n) is 3.97. The highest BCUT2D eigenvalue weighted by Crippen LogP contribution is 2.34. The lowest BCUT2D eigenvalue weighted by atomic mass is 9.87. The van der Waals surface area contributed by atoms with Crippen LogP contribution >= 0.6 is 11.8 Å². The Morgan fingerprint density at radius 2 is 1.72 bits per heavy atom. The number of amidine groups is 1. The molecule has 0 saturated heterocycles. The smallest absolute Gasteiger partial charge is 0.163 e. The summed E-state index contributed by atoms with van der Waals surface area (Å²) < 4.78 is 11.1. The topological polar surface area (TPSA) is 56.8 Å². The molecule has 132 valence electrons. The quantitative estimate of drug-likeness (QED) is 0.643. The maximum absolute atomic E-state index is 6.07. The second kappa shape index (κ2) is 7.40. The zero-order valence-electron chi connectivity index (χ0n) is 14.9. The minimum atomic E-state index is 0.171. The Morgan fingerprint density at radius 1 is 1.04 bits per heavy atom. The lowest BCUT2D eigenvalue weighted by molar-refractivity contribution is 0.171. The van der Waals surface area contributed by atoms with Gasteiger partial charge >= 0.3 is 0 Å². The Labute approximate surface area is 153 Å². The van der Waals surface area contributed by atoms with Gasteiger partial charge in [0.1, 0.15) is 13.2 Å². The minimum Gasteiger partial charge on any atom is -0.486 e. The van der Waals surface area contributed by atoms with Crippen molar-refractivity contribution in [2.75, 3.05) is 13.2 Å². The summed E-state index contributed by atoms with van der Waals surface area (Å²) in [5.41, 5.74) is 9.58. The molecule has 0 fully saturated rings. The molecule has 0 unspecified atom stereocenters. The van der Waals surface area contributed by atoms with Crippen molar-refractivity contribution in [1.82, 2.24) is 0 Å². The van der Waals surface area contributed by atoms with E-state index in [1.807, 2.05) is 18.2 Å². The van der Waals surface area contributed by atoms with E-state index < -0.39 is 0 Å². The van der Waals surface area contributed by atoms with Gasteiger partial charge in [0, 0.05) is 11.8 Å². The predicted octanol–water partition coefficient (Wildman–Crippen LogP) is 4.63. The van der Waals surface area contributed by atoms with Gasteiger partial charge in [0.2, 0.25) is 0 Å². The highest BCUT2D eigenvalue weighted by atomic mass is 32.2. The fourth-order valence-corrected chi connectivity index (χ4v) is 3.20. The Bertz CT molecular complexity index is 764. The van der Waals surface area contributed by atoms with E-state index in [9.17, 15) is 0 Å². The Kier molecular flexibility index (Phi) is 5.23. The highest BCUT2D eigenvalue weighted by Gasteiger charge is 2.13.